The van der Waals surface area contributed by atoms with Crippen LogP contribution in [-0.4, -0.2) is 41.8 Å². The van der Waals surface area contributed by atoms with Gasteiger partial charge in [0.25, 0.3) is 5.91 Å². The largest absolute Gasteiger partial charge is 0.411 e. The molecule has 0 spiro atoms. The summed E-state index contributed by atoms with van der Waals surface area (Å²) >= 11 is 0. The van der Waals surface area contributed by atoms with Gasteiger partial charge >= 0.3 is 6.18 Å². The summed E-state index contributed by atoms with van der Waals surface area (Å²) in [7, 11) is 0. The molecule has 0 bridgehead atoms. The van der Waals surface area contributed by atoms with Crippen LogP contribution >= 0.6 is 0 Å². The molecule has 0 radical (unpaired) electrons. The average Bonchev–Trinajstić information content (AvgIpc) is 2.66. The molecule has 0 aliphatic carbocycles. The van der Waals surface area contributed by atoms with E-state index in [0.29, 0.717) is 22.2 Å². The molecule has 0 saturated carbocycles. The molecule has 8 heteroatoms. The second kappa shape index (κ2) is 8.13. The fourth-order valence-corrected chi connectivity index (χ4v) is 2.55. The SMILES string of the molecule is O=C(NCCOCC(F)(F)F)c1cc(-c2cccnc2)nc2ccccc12. The summed E-state index contributed by atoms with van der Waals surface area (Å²) in [5, 5.41) is 3.23. The second-order valence-electron chi connectivity index (χ2n) is 5.74. The van der Waals surface area contributed by atoms with E-state index in [-0.39, 0.29) is 13.2 Å². The van der Waals surface area contributed by atoms with Gasteiger partial charge in [-0.2, -0.15) is 13.2 Å². The molecule has 5 nitrogen and oxygen atoms in total. The summed E-state index contributed by atoms with van der Waals surface area (Å²) in [5.41, 5.74) is 2.36. The van der Waals surface area contributed by atoms with Crippen molar-refractivity contribution in [3.05, 3.63) is 60.4 Å². The highest BCUT2D eigenvalue weighted by molar-refractivity contribution is 6.07. The van der Waals surface area contributed by atoms with Gasteiger partial charge < -0.3 is 10.1 Å². The van der Waals surface area contributed by atoms with Crippen molar-refractivity contribution in [3.8, 4) is 11.3 Å². The normalized spacial score (nSPS) is 11.5. The molecule has 0 aliphatic heterocycles. The van der Waals surface area contributed by atoms with Crippen molar-refractivity contribution in [2.75, 3.05) is 19.8 Å². The number of nitrogens with zero attached hydrogens (tertiary/aromatic N) is 2. The molecule has 0 aliphatic rings. The lowest BCUT2D eigenvalue weighted by molar-refractivity contribution is -0.173. The van der Waals surface area contributed by atoms with E-state index in [9.17, 15) is 18.0 Å². The van der Waals surface area contributed by atoms with Crippen molar-refractivity contribution in [1.29, 1.82) is 0 Å². The number of benzene rings is 1. The standard InChI is InChI=1S/C19H16F3N3O2/c20-19(21,22)12-27-9-8-24-18(26)15-10-17(13-4-3-7-23-11-13)25-16-6-2-1-5-14(15)16/h1-7,10-11H,8-9,12H2,(H,24,26). The van der Waals surface area contributed by atoms with Gasteiger partial charge in [0, 0.05) is 29.9 Å². The van der Waals surface area contributed by atoms with Crippen LogP contribution in [0.5, 0.6) is 0 Å². The number of rotatable bonds is 6. The highest BCUT2D eigenvalue weighted by atomic mass is 19.4. The molecular weight excluding hydrogens is 359 g/mol. The Morgan fingerprint density at radius 1 is 1.15 bits per heavy atom. The van der Waals surface area contributed by atoms with E-state index < -0.39 is 18.7 Å². The lowest BCUT2D eigenvalue weighted by atomic mass is 10.0. The Hall–Kier alpha value is -3.00. The second-order valence-corrected chi connectivity index (χ2v) is 5.74. The first kappa shape index (κ1) is 18.8. The predicted molar refractivity (Wildman–Crippen MR) is 94.2 cm³/mol. The molecule has 2 aromatic heterocycles. The van der Waals surface area contributed by atoms with E-state index >= 15 is 0 Å². The topological polar surface area (TPSA) is 64.1 Å². The monoisotopic (exact) mass is 375 g/mol. The van der Waals surface area contributed by atoms with Crippen molar-refractivity contribution in [2.24, 2.45) is 0 Å². The lowest BCUT2D eigenvalue weighted by Crippen LogP contribution is -2.29. The van der Waals surface area contributed by atoms with Crippen LogP contribution in [0.1, 0.15) is 10.4 Å². The Kier molecular flexibility index (Phi) is 5.66. The van der Waals surface area contributed by atoms with Gasteiger partial charge in [-0.05, 0) is 24.3 Å². The van der Waals surface area contributed by atoms with Crippen molar-refractivity contribution in [1.82, 2.24) is 15.3 Å². The first-order chi connectivity index (χ1) is 12.9. The number of aromatic nitrogens is 2. The third kappa shape index (κ3) is 5.01. The minimum atomic E-state index is -4.38. The van der Waals surface area contributed by atoms with Crippen molar-refractivity contribution >= 4 is 16.8 Å². The zero-order valence-corrected chi connectivity index (χ0v) is 14.2. The molecule has 2 heterocycles. The van der Waals surface area contributed by atoms with Crippen LogP contribution in [-0.2, 0) is 4.74 Å². The van der Waals surface area contributed by atoms with Crippen molar-refractivity contribution in [3.63, 3.8) is 0 Å². The molecule has 1 amide bonds. The molecule has 1 aromatic carbocycles. The molecular formula is C19H16F3N3O2. The summed E-state index contributed by atoms with van der Waals surface area (Å²) in [6.45, 7) is -1.61. The van der Waals surface area contributed by atoms with Crippen LogP contribution in [0.25, 0.3) is 22.2 Å². The van der Waals surface area contributed by atoms with Gasteiger partial charge in [0.2, 0.25) is 0 Å². The van der Waals surface area contributed by atoms with Crippen LogP contribution in [0.15, 0.2) is 54.9 Å². The highest BCUT2D eigenvalue weighted by Gasteiger charge is 2.27. The van der Waals surface area contributed by atoms with Crippen LogP contribution in [0, 0.1) is 0 Å². The number of alkyl halides is 3. The number of ether oxygens (including phenoxy) is 1. The van der Waals surface area contributed by atoms with E-state index in [4.69, 9.17) is 0 Å². The summed E-state index contributed by atoms with van der Waals surface area (Å²) in [6.07, 6.45) is -1.10. The maximum Gasteiger partial charge on any atom is 0.411 e. The number of nitrogens with one attached hydrogen (secondary N) is 1. The maximum absolute atomic E-state index is 12.6. The van der Waals surface area contributed by atoms with Crippen LogP contribution in [0.3, 0.4) is 0 Å². The Labute approximate surface area is 153 Å². The Balaban J connectivity index is 1.79. The summed E-state index contributed by atoms with van der Waals surface area (Å²) < 4.78 is 40.7. The molecule has 3 aromatic rings. The molecule has 0 fully saturated rings. The molecule has 0 saturated heterocycles. The molecule has 140 valence electrons. The number of hydrogen-bond acceptors (Lipinski definition) is 4. The fraction of sp³-hybridized carbons (Fsp3) is 0.211. The molecule has 27 heavy (non-hydrogen) atoms. The smallest absolute Gasteiger partial charge is 0.370 e. The average molecular weight is 375 g/mol. The highest BCUT2D eigenvalue weighted by Crippen LogP contribution is 2.24. The zero-order valence-electron chi connectivity index (χ0n) is 14.2. The van der Waals surface area contributed by atoms with E-state index in [2.05, 4.69) is 20.0 Å². The first-order valence-electron chi connectivity index (χ1n) is 8.17. The van der Waals surface area contributed by atoms with E-state index in [1.807, 2.05) is 12.1 Å². The summed E-state index contributed by atoms with van der Waals surface area (Å²) in [5.74, 6) is -0.408. The summed E-state index contributed by atoms with van der Waals surface area (Å²) in [4.78, 5) is 21.2. The van der Waals surface area contributed by atoms with Gasteiger partial charge in [0.15, 0.2) is 0 Å². The number of carbonyl (C=O) groups excluding carboxylic acids is 1. The van der Waals surface area contributed by atoms with Gasteiger partial charge in [-0.15, -0.1) is 0 Å². The van der Waals surface area contributed by atoms with Crippen LogP contribution in [0.4, 0.5) is 13.2 Å². The van der Waals surface area contributed by atoms with Gasteiger partial charge in [-0.1, -0.05) is 18.2 Å². The fourth-order valence-electron chi connectivity index (χ4n) is 2.55. The lowest BCUT2D eigenvalue weighted by Gasteiger charge is -2.11. The van der Waals surface area contributed by atoms with E-state index in [1.165, 1.54) is 0 Å². The van der Waals surface area contributed by atoms with E-state index in [1.54, 1.807) is 42.7 Å². The van der Waals surface area contributed by atoms with Gasteiger partial charge in [0.05, 0.1) is 23.4 Å². The van der Waals surface area contributed by atoms with Gasteiger partial charge in [-0.25, -0.2) is 4.98 Å². The minimum absolute atomic E-state index is 0.0339. The van der Waals surface area contributed by atoms with E-state index in [0.717, 1.165) is 5.56 Å². The molecule has 3 rings (SSSR count). The quantitative estimate of drug-likeness (QED) is 0.669. The van der Waals surface area contributed by atoms with Crippen LogP contribution in [0.2, 0.25) is 0 Å². The number of para-hydroxylation sites is 1. The van der Waals surface area contributed by atoms with Gasteiger partial charge in [-0.3, -0.25) is 9.78 Å². The van der Waals surface area contributed by atoms with Crippen molar-refractivity contribution < 1.29 is 22.7 Å². The van der Waals surface area contributed by atoms with Gasteiger partial charge in [0.1, 0.15) is 6.61 Å². The number of carbonyl (C=O) groups is 1. The number of hydrogen-bond donors (Lipinski definition) is 1. The number of amides is 1. The Morgan fingerprint density at radius 2 is 1.96 bits per heavy atom. The summed E-state index contributed by atoms with van der Waals surface area (Å²) in [6, 6.07) is 12.4. The van der Waals surface area contributed by atoms with Crippen LogP contribution < -0.4 is 5.32 Å². The zero-order chi connectivity index (χ0) is 19.3. The number of halogens is 3. The third-order valence-corrected chi connectivity index (χ3v) is 3.72. The maximum atomic E-state index is 12.6. The predicted octanol–water partition coefficient (Wildman–Crippen LogP) is 3.61. The minimum Gasteiger partial charge on any atom is -0.370 e. The Bertz CT molecular complexity index is 930. The number of fused-ring (bicyclic) bond motifs is 1. The molecule has 1 N–H and O–H groups in total. The third-order valence-electron chi connectivity index (χ3n) is 3.72. The number of pyridine rings is 2. The van der Waals surface area contributed by atoms with Crippen molar-refractivity contribution in [2.45, 2.75) is 6.18 Å². The Morgan fingerprint density at radius 3 is 2.70 bits per heavy atom. The molecule has 0 atom stereocenters. The molecule has 0 unspecified atom stereocenters. The first-order valence-corrected chi connectivity index (χ1v) is 8.17.